The molecule has 0 aliphatic rings. The van der Waals surface area contributed by atoms with Gasteiger partial charge in [0, 0.05) is 38.5 Å². The Hall–Kier alpha value is -1.20. The predicted octanol–water partition coefficient (Wildman–Crippen LogP) is 1.08. The van der Waals surface area contributed by atoms with Crippen molar-refractivity contribution in [2.45, 2.75) is 13.8 Å². The summed E-state index contributed by atoms with van der Waals surface area (Å²) in [5.41, 5.74) is 0.993. The molecule has 0 aliphatic carbocycles. The molecule has 5 nitrogen and oxygen atoms in total. The number of ether oxygens (including phenoxy) is 1. The lowest BCUT2D eigenvalue weighted by molar-refractivity contribution is 0.163. The number of rotatable bonds is 7. The molecule has 5 heteroatoms. The van der Waals surface area contributed by atoms with Crippen LogP contribution in [0.5, 0.6) is 0 Å². The zero-order valence-corrected chi connectivity index (χ0v) is 11.2. The van der Waals surface area contributed by atoms with Gasteiger partial charge in [0.2, 0.25) is 0 Å². The van der Waals surface area contributed by atoms with Gasteiger partial charge in [-0.1, -0.05) is 0 Å². The predicted molar refractivity (Wildman–Crippen MR) is 69.4 cm³/mol. The van der Waals surface area contributed by atoms with Crippen molar-refractivity contribution in [2.75, 3.05) is 45.7 Å². The molecule has 1 heterocycles. The van der Waals surface area contributed by atoms with E-state index in [2.05, 4.69) is 27.2 Å². The highest BCUT2D eigenvalue weighted by Crippen LogP contribution is 2.04. The number of nitrogens with one attached hydrogen (secondary N) is 1. The largest absolute Gasteiger partial charge is 0.383 e. The van der Waals surface area contributed by atoms with E-state index in [0.29, 0.717) is 0 Å². The summed E-state index contributed by atoms with van der Waals surface area (Å²) >= 11 is 0. The van der Waals surface area contributed by atoms with Crippen LogP contribution in [0.3, 0.4) is 0 Å². The molecule has 0 saturated heterocycles. The summed E-state index contributed by atoms with van der Waals surface area (Å²) in [6, 6.07) is 1.96. The number of aryl methyl sites for hydroxylation is 2. The fourth-order valence-corrected chi connectivity index (χ4v) is 1.54. The van der Waals surface area contributed by atoms with Gasteiger partial charge in [0.25, 0.3) is 0 Å². The third kappa shape index (κ3) is 5.60. The summed E-state index contributed by atoms with van der Waals surface area (Å²) in [4.78, 5) is 10.8. The summed E-state index contributed by atoms with van der Waals surface area (Å²) in [5.74, 6) is 1.70. The third-order valence-corrected chi connectivity index (χ3v) is 2.44. The highest BCUT2D eigenvalue weighted by atomic mass is 16.5. The maximum Gasteiger partial charge on any atom is 0.129 e. The Balaban J connectivity index is 2.30. The lowest BCUT2D eigenvalue weighted by Gasteiger charge is -2.16. The van der Waals surface area contributed by atoms with E-state index in [1.807, 2.05) is 19.9 Å². The van der Waals surface area contributed by atoms with E-state index in [0.717, 1.165) is 43.6 Å². The lowest BCUT2D eigenvalue weighted by atomic mass is 10.4. The molecule has 1 aromatic rings. The second kappa shape index (κ2) is 7.19. The number of methoxy groups -OCH3 is 1. The minimum Gasteiger partial charge on any atom is -0.383 e. The van der Waals surface area contributed by atoms with Crippen molar-refractivity contribution in [3.05, 3.63) is 17.6 Å². The Morgan fingerprint density at radius 2 is 2.06 bits per heavy atom. The molecular weight excluding hydrogens is 216 g/mol. The van der Waals surface area contributed by atoms with Crippen molar-refractivity contribution >= 4 is 5.82 Å². The Morgan fingerprint density at radius 3 is 2.71 bits per heavy atom. The summed E-state index contributed by atoms with van der Waals surface area (Å²) in [5, 5.41) is 3.30. The number of likely N-dealkylation sites (N-methyl/N-ethyl adjacent to an activating group) is 1. The van der Waals surface area contributed by atoms with Gasteiger partial charge in [-0.15, -0.1) is 0 Å². The summed E-state index contributed by atoms with van der Waals surface area (Å²) in [7, 11) is 3.80. The van der Waals surface area contributed by atoms with Gasteiger partial charge in [0.15, 0.2) is 0 Å². The third-order valence-electron chi connectivity index (χ3n) is 2.44. The Bertz CT molecular complexity index is 323. The van der Waals surface area contributed by atoms with Crippen molar-refractivity contribution in [2.24, 2.45) is 0 Å². The van der Waals surface area contributed by atoms with E-state index in [1.54, 1.807) is 7.11 Å². The van der Waals surface area contributed by atoms with Gasteiger partial charge >= 0.3 is 0 Å². The Kier molecular flexibility index (Phi) is 5.86. The van der Waals surface area contributed by atoms with Crippen molar-refractivity contribution in [3.63, 3.8) is 0 Å². The monoisotopic (exact) mass is 238 g/mol. The molecule has 1 aromatic heterocycles. The molecule has 0 atom stereocenters. The minimum absolute atomic E-state index is 0.766. The SMILES string of the molecule is COCCN(C)CCNc1cc(C)nc(C)n1. The average Bonchev–Trinajstić information content (AvgIpc) is 2.25. The number of nitrogens with zero attached hydrogens (tertiary/aromatic N) is 3. The molecule has 0 amide bonds. The first kappa shape index (κ1) is 13.9. The van der Waals surface area contributed by atoms with Crippen molar-refractivity contribution in [3.8, 4) is 0 Å². The van der Waals surface area contributed by atoms with Crippen LogP contribution in [0.2, 0.25) is 0 Å². The summed E-state index contributed by atoms with van der Waals surface area (Å²) in [6.07, 6.45) is 0. The molecule has 0 aliphatic heterocycles. The van der Waals surface area contributed by atoms with Crippen molar-refractivity contribution < 1.29 is 4.74 Å². The molecule has 0 bridgehead atoms. The first-order chi connectivity index (χ1) is 8.11. The van der Waals surface area contributed by atoms with Crippen LogP contribution in [-0.4, -0.2) is 55.3 Å². The Labute approximate surface area is 103 Å². The fourth-order valence-electron chi connectivity index (χ4n) is 1.54. The average molecular weight is 238 g/mol. The molecule has 17 heavy (non-hydrogen) atoms. The highest BCUT2D eigenvalue weighted by molar-refractivity contribution is 5.35. The van der Waals surface area contributed by atoms with Crippen LogP contribution in [0, 0.1) is 13.8 Å². The number of aromatic nitrogens is 2. The van der Waals surface area contributed by atoms with E-state index in [-0.39, 0.29) is 0 Å². The second-order valence-corrected chi connectivity index (χ2v) is 4.16. The van der Waals surface area contributed by atoms with Crippen LogP contribution in [0.1, 0.15) is 11.5 Å². The van der Waals surface area contributed by atoms with Crippen LogP contribution in [-0.2, 0) is 4.74 Å². The van der Waals surface area contributed by atoms with Gasteiger partial charge in [-0.2, -0.15) is 0 Å². The molecule has 0 fully saturated rings. The van der Waals surface area contributed by atoms with Crippen LogP contribution >= 0.6 is 0 Å². The molecule has 0 saturated carbocycles. The van der Waals surface area contributed by atoms with Crippen LogP contribution in [0.25, 0.3) is 0 Å². The smallest absolute Gasteiger partial charge is 0.129 e. The first-order valence-corrected chi connectivity index (χ1v) is 5.85. The molecule has 1 rings (SSSR count). The van der Waals surface area contributed by atoms with Gasteiger partial charge in [0.05, 0.1) is 6.61 Å². The van der Waals surface area contributed by atoms with Gasteiger partial charge < -0.3 is 15.0 Å². The zero-order valence-electron chi connectivity index (χ0n) is 11.2. The quantitative estimate of drug-likeness (QED) is 0.770. The molecule has 0 unspecified atom stereocenters. The van der Waals surface area contributed by atoms with E-state index in [9.17, 15) is 0 Å². The first-order valence-electron chi connectivity index (χ1n) is 5.85. The second-order valence-electron chi connectivity index (χ2n) is 4.16. The number of hydrogen-bond donors (Lipinski definition) is 1. The van der Waals surface area contributed by atoms with Crippen LogP contribution < -0.4 is 5.32 Å². The van der Waals surface area contributed by atoms with Crippen LogP contribution in [0.4, 0.5) is 5.82 Å². The number of anilines is 1. The number of hydrogen-bond acceptors (Lipinski definition) is 5. The van der Waals surface area contributed by atoms with Gasteiger partial charge in [-0.25, -0.2) is 9.97 Å². The normalized spacial score (nSPS) is 10.9. The lowest BCUT2D eigenvalue weighted by Crippen LogP contribution is -2.28. The molecule has 0 spiro atoms. The molecule has 0 aromatic carbocycles. The standard InChI is InChI=1S/C12H22N4O/c1-10-9-12(15-11(2)14-10)13-5-6-16(3)7-8-17-4/h9H,5-8H2,1-4H3,(H,13,14,15). The van der Waals surface area contributed by atoms with Crippen molar-refractivity contribution in [1.82, 2.24) is 14.9 Å². The topological polar surface area (TPSA) is 50.3 Å². The zero-order chi connectivity index (χ0) is 12.7. The molecule has 0 radical (unpaired) electrons. The van der Waals surface area contributed by atoms with Gasteiger partial charge in [-0.05, 0) is 20.9 Å². The van der Waals surface area contributed by atoms with E-state index >= 15 is 0 Å². The fraction of sp³-hybridized carbons (Fsp3) is 0.667. The Morgan fingerprint density at radius 1 is 1.29 bits per heavy atom. The molecule has 1 N–H and O–H groups in total. The van der Waals surface area contributed by atoms with E-state index in [4.69, 9.17) is 4.74 Å². The van der Waals surface area contributed by atoms with Gasteiger partial charge in [0.1, 0.15) is 11.6 Å². The summed E-state index contributed by atoms with van der Waals surface area (Å²) in [6.45, 7) is 7.43. The maximum atomic E-state index is 5.03. The van der Waals surface area contributed by atoms with Crippen LogP contribution in [0.15, 0.2) is 6.07 Å². The van der Waals surface area contributed by atoms with Crippen molar-refractivity contribution in [1.29, 1.82) is 0 Å². The van der Waals surface area contributed by atoms with E-state index < -0.39 is 0 Å². The summed E-state index contributed by atoms with van der Waals surface area (Å²) < 4.78 is 5.03. The highest BCUT2D eigenvalue weighted by Gasteiger charge is 2.00. The maximum absolute atomic E-state index is 5.03. The van der Waals surface area contributed by atoms with E-state index in [1.165, 1.54) is 0 Å². The minimum atomic E-state index is 0.766. The molecule has 96 valence electrons. The molecular formula is C12H22N4O. The van der Waals surface area contributed by atoms with Gasteiger partial charge in [-0.3, -0.25) is 0 Å².